The molecule has 1 unspecified atom stereocenters. The molecule has 0 heterocycles. The van der Waals surface area contributed by atoms with Crippen molar-refractivity contribution in [1.82, 2.24) is 10.6 Å². The first-order valence-corrected chi connectivity index (χ1v) is 10.7. The lowest BCUT2D eigenvalue weighted by Crippen LogP contribution is -2.44. The van der Waals surface area contributed by atoms with E-state index in [1.807, 2.05) is 5.32 Å². The van der Waals surface area contributed by atoms with Crippen LogP contribution in [0.15, 0.2) is 53.4 Å². The van der Waals surface area contributed by atoms with E-state index >= 15 is 0 Å². The molecule has 0 radical (unpaired) electrons. The van der Waals surface area contributed by atoms with Gasteiger partial charge in [-0.3, -0.25) is 14.8 Å². The lowest BCUT2D eigenvalue weighted by Gasteiger charge is -2.15. The molecule has 0 bridgehead atoms. The van der Waals surface area contributed by atoms with Crippen molar-refractivity contribution in [1.29, 1.82) is 0 Å². The molecule has 11 heteroatoms. The van der Waals surface area contributed by atoms with Crippen LogP contribution in [0.5, 0.6) is 0 Å². The second kappa shape index (κ2) is 10.1. The summed E-state index contributed by atoms with van der Waals surface area (Å²) >= 11 is 5.78. The number of esters is 1. The monoisotopic (exact) mass is 453 g/mol. The molecular formula is C19H20ClN3O6S. The highest BCUT2D eigenvalue weighted by atomic mass is 35.5. The molecule has 0 saturated heterocycles. The molecule has 0 aliphatic carbocycles. The maximum atomic E-state index is 12.6. The average Bonchev–Trinajstić information content (AvgIpc) is 2.68. The number of amides is 3. The van der Waals surface area contributed by atoms with Gasteiger partial charge in [-0.1, -0.05) is 23.7 Å². The van der Waals surface area contributed by atoms with Gasteiger partial charge in [0.1, 0.15) is 0 Å². The van der Waals surface area contributed by atoms with Crippen LogP contribution < -0.4 is 15.4 Å². The Kier molecular flexibility index (Phi) is 7.79. The van der Waals surface area contributed by atoms with Crippen molar-refractivity contribution in [3.63, 3.8) is 0 Å². The van der Waals surface area contributed by atoms with Crippen LogP contribution in [0.25, 0.3) is 0 Å². The molecular weight excluding hydrogens is 434 g/mol. The number of rotatable bonds is 7. The Morgan fingerprint density at radius 3 is 2.33 bits per heavy atom. The molecule has 1 atom stereocenters. The number of para-hydroxylation sites is 1. The number of benzene rings is 2. The van der Waals surface area contributed by atoms with Crippen LogP contribution in [0.4, 0.5) is 10.5 Å². The topological polar surface area (TPSA) is 131 Å². The highest BCUT2D eigenvalue weighted by Gasteiger charge is 2.24. The Hall–Kier alpha value is -3.11. The molecule has 3 N–H and O–H groups in total. The molecule has 0 aliphatic rings. The SMILES string of the molecule is CCNC(=O)NC(=O)C(C)OC(=O)c1ccccc1NS(=O)(=O)c1ccc(Cl)cc1. The molecule has 0 aliphatic heterocycles. The molecule has 0 fully saturated rings. The summed E-state index contributed by atoms with van der Waals surface area (Å²) in [6, 6.07) is 10.5. The number of halogens is 1. The highest BCUT2D eigenvalue weighted by Crippen LogP contribution is 2.22. The van der Waals surface area contributed by atoms with E-state index in [1.54, 1.807) is 6.92 Å². The maximum absolute atomic E-state index is 12.6. The van der Waals surface area contributed by atoms with Crippen LogP contribution in [-0.4, -0.2) is 39.0 Å². The standard InChI is InChI=1S/C19H20ClN3O6S/c1-3-21-19(26)22-17(24)12(2)29-18(25)15-6-4-5-7-16(15)23-30(27,28)14-10-8-13(20)9-11-14/h4-12,23H,3H2,1-2H3,(H2,21,22,24,26). The van der Waals surface area contributed by atoms with Crippen molar-refractivity contribution < 1.29 is 27.5 Å². The number of sulfonamides is 1. The molecule has 0 saturated carbocycles. The Balaban J connectivity index is 2.16. The van der Waals surface area contributed by atoms with Crippen molar-refractivity contribution in [2.24, 2.45) is 0 Å². The van der Waals surface area contributed by atoms with Gasteiger partial charge in [-0.2, -0.15) is 0 Å². The highest BCUT2D eigenvalue weighted by molar-refractivity contribution is 7.92. The van der Waals surface area contributed by atoms with Gasteiger partial charge in [-0.25, -0.2) is 18.0 Å². The van der Waals surface area contributed by atoms with Gasteiger partial charge in [-0.05, 0) is 50.2 Å². The number of imide groups is 1. The van der Waals surface area contributed by atoms with E-state index in [9.17, 15) is 22.8 Å². The number of hydrogen-bond donors (Lipinski definition) is 3. The first-order valence-electron chi connectivity index (χ1n) is 8.81. The summed E-state index contributed by atoms with van der Waals surface area (Å²) in [5.74, 6) is -1.77. The van der Waals surface area contributed by atoms with Gasteiger partial charge in [0.05, 0.1) is 16.1 Å². The average molecular weight is 454 g/mol. The Bertz CT molecular complexity index is 1040. The fourth-order valence-electron chi connectivity index (χ4n) is 2.26. The summed E-state index contributed by atoms with van der Waals surface area (Å²) in [4.78, 5) is 35.8. The molecule has 2 aromatic carbocycles. The van der Waals surface area contributed by atoms with E-state index in [4.69, 9.17) is 16.3 Å². The first kappa shape index (κ1) is 23.2. The second-order valence-electron chi connectivity index (χ2n) is 6.00. The number of carbonyl (C=O) groups excluding carboxylic acids is 3. The summed E-state index contributed by atoms with van der Waals surface area (Å²) in [5, 5.41) is 4.77. The van der Waals surface area contributed by atoms with Gasteiger partial charge >= 0.3 is 12.0 Å². The van der Waals surface area contributed by atoms with E-state index in [1.165, 1.54) is 55.5 Å². The molecule has 2 rings (SSSR count). The number of ether oxygens (including phenoxy) is 1. The minimum atomic E-state index is -4.00. The number of urea groups is 1. The van der Waals surface area contributed by atoms with Crippen LogP contribution in [0.1, 0.15) is 24.2 Å². The fourth-order valence-corrected chi connectivity index (χ4v) is 3.47. The van der Waals surface area contributed by atoms with Gasteiger partial charge in [0.2, 0.25) is 0 Å². The third-order valence-electron chi connectivity index (χ3n) is 3.74. The summed E-state index contributed by atoms with van der Waals surface area (Å²) in [6.07, 6.45) is -1.29. The summed E-state index contributed by atoms with van der Waals surface area (Å²) in [7, 11) is -4.00. The summed E-state index contributed by atoms with van der Waals surface area (Å²) in [5.41, 5.74) is -0.138. The molecule has 2 aromatic rings. The maximum Gasteiger partial charge on any atom is 0.341 e. The second-order valence-corrected chi connectivity index (χ2v) is 8.12. The van der Waals surface area contributed by atoms with E-state index in [0.29, 0.717) is 11.6 Å². The number of nitrogens with one attached hydrogen (secondary N) is 3. The fraction of sp³-hybridized carbons (Fsp3) is 0.211. The van der Waals surface area contributed by atoms with Crippen LogP contribution >= 0.6 is 11.6 Å². The molecule has 30 heavy (non-hydrogen) atoms. The van der Waals surface area contributed by atoms with Gasteiger partial charge in [0.25, 0.3) is 15.9 Å². The lowest BCUT2D eigenvalue weighted by atomic mass is 10.2. The predicted octanol–water partition coefficient (Wildman–Crippen LogP) is 2.53. The Morgan fingerprint density at radius 2 is 1.70 bits per heavy atom. The zero-order valence-electron chi connectivity index (χ0n) is 16.1. The summed E-state index contributed by atoms with van der Waals surface area (Å²) in [6.45, 7) is 3.27. The van der Waals surface area contributed by atoms with Gasteiger partial charge in [-0.15, -0.1) is 0 Å². The lowest BCUT2D eigenvalue weighted by molar-refractivity contribution is -0.127. The van der Waals surface area contributed by atoms with Gasteiger partial charge < -0.3 is 10.1 Å². The van der Waals surface area contributed by atoms with E-state index in [2.05, 4.69) is 10.0 Å². The van der Waals surface area contributed by atoms with Crippen molar-refractivity contribution in [3.05, 3.63) is 59.1 Å². The normalized spacial score (nSPS) is 11.8. The van der Waals surface area contributed by atoms with Gasteiger partial charge in [0, 0.05) is 11.6 Å². The largest absolute Gasteiger partial charge is 0.449 e. The van der Waals surface area contributed by atoms with Crippen LogP contribution in [0.3, 0.4) is 0 Å². The number of anilines is 1. The quantitative estimate of drug-likeness (QED) is 0.552. The third kappa shape index (κ3) is 6.19. The molecule has 0 aromatic heterocycles. The van der Waals surface area contributed by atoms with Crippen LogP contribution in [-0.2, 0) is 19.6 Å². The number of carbonyl (C=O) groups is 3. The smallest absolute Gasteiger partial charge is 0.341 e. The van der Waals surface area contributed by atoms with Crippen LogP contribution in [0, 0.1) is 0 Å². The zero-order valence-corrected chi connectivity index (χ0v) is 17.7. The molecule has 9 nitrogen and oxygen atoms in total. The third-order valence-corrected chi connectivity index (χ3v) is 5.38. The molecule has 160 valence electrons. The van der Waals surface area contributed by atoms with E-state index in [-0.39, 0.29) is 16.1 Å². The van der Waals surface area contributed by atoms with Crippen molar-refractivity contribution in [2.45, 2.75) is 24.8 Å². The minimum Gasteiger partial charge on any atom is -0.449 e. The molecule has 3 amide bonds. The minimum absolute atomic E-state index is 0.0335. The van der Waals surface area contributed by atoms with E-state index < -0.39 is 34.0 Å². The van der Waals surface area contributed by atoms with Gasteiger partial charge in [0.15, 0.2) is 6.10 Å². The summed E-state index contributed by atoms with van der Waals surface area (Å²) < 4.78 is 32.6. The van der Waals surface area contributed by atoms with Crippen LogP contribution in [0.2, 0.25) is 5.02 Å². The zero-order chi connectivity index (χ0) is 22.3. The Morgan fingerprint density at radius 1 is 1.07 bits per heavy atom. The van der Waals surface area contributed by atoms with Crippen molar-refractivity contribution >= 4 is 45.2 Å². The number of hydrogen-bond acceptors (Lipinski definition) is 6. The molecule has 0 spiro atoms. The predicted molar refractivity (Wildman–Crippen MR) is 111 cm³/mol. The van der Waals surface area contributed by atoms with Crippen molar-refractivity contribution in [2.75, 3.05) is 11.3 Å². The van der Waals surface area contributed by atoms with E-state index in [0.717, 1.165) is 0 Å². The Labute approximate surface area is 178 Å². The van der Waals surface area contributed by atoms with Crippen molar-refractivity contribution in [3.8, 4) is 0 Å². The first-order chi connectivity index (χ1) is 14.1.